The number of fused-ring (bicyclic) bond motifs is 1. The quantitative estimate of drug-likeness (QED) is 0.417. The van der Waals surface area contributed by atoms with Gasteiger partial charge in [-0.1, -0.05) is 11.6 Å². The largest absolute Gasteiger partial charge is 0.335 e. The van der Waals surface area contributed by atoms with Gasteiger partial charge in [0.25, 0.3) is 10.0 Å². The van der Waals surface area contributed by atoms with E-state index in [-0.39, 0.29) is 34.9 Å². The summed E-state index contributed by atoms with van der Waals surface area (Å²) in [4.78, 5) is 33.1. The number of nitrogens with one attached hydrogen (secondary N) is 1. The normalized spacial score (nSPS) is 14.4. The van der Waals surface area contributed by atoms with Crippen molar-refractivity contribution in [2.75, 3.05) is 29.3 Å². The number of piperazine rings is 1. The number of aryl methyl sites for hydroxylation is 2. The molecule has 1 aliphatic rings. The van der Waals surface area contributed by atoms with Crippen molar-refractivity contribution in [3.05, 3.63) is 71.4 Å². The average Bonchev–Trinajstić information content (AvgIpc) is 3.45. The fourth-order valence-electron chi connectivity index (χ4n) is 4.39. The lowest BCUT2D eigenvalue weighted by atomic mass is 10.2. The molecule has 0 radical (unpaired) electrons. The van der Waals surface area contributed by atoms with Gasteiger partial charge in [0.15, 0.2) is 5.13 Å². The number of thiazole rings is 1. The highest BCUT2D eigenvalue weighted by molar-refractivity contribution is 7.93. The number of carbonyl (C=O) groups excluding carboxylic acids is 2. The maximum Gasteiger partial charge on any atom is 0.263 e. The second kappa shape index (κ2) is 9.40. The molecule has 5 rings (SSSR count). The Hall–Kier alpha value is -3.70. The van der Waals surface area contributed by atoms with Crippen LogP contribution < -0.4 is 9.62 Å². The summed E-state index contributed by atoms with van der Waals surface area (Å²) >= 11 is 1.19. The molecule has 4 aromatic rings. The first-order valence-corrected chi connectivity index (χ1v) is 13.7. The Morgan fingerprint density at radius 2 is 1.86 bits per heavy atom. The minimum absolute atomic E-state index is 0.0259. The third-order valence-electron chi connectivity index (χ3n) is 6.24. The van der Waals surface area contributed by atoms with E-state index in [4.69, 9.17) is 0 Å². The highest BCUT2D eigenvalue weighted by Gasteiger charge is 2.29. The SMILES string of the molecule is Cc1ccc2c(c1)cc(C)n2CC(=O)N1CCN(c2ccc(S(=O)(=O)Nc3nccs3)cc2)C(=O)C1. The predicted octanol–water partition coefficient (Wildman–Crippen LogP) is 3.39. The Morgan fingerprint density at radius 3 is 2.56 bits per heavy atom. The Morgan fingerprint density at radius 1 is 1.08 bits per heavy atom. The monoisotopic (exact) mass is 523 g/mol. The van der Waals surface area contributed by atoms with Crippen LogP contribution in [0.3, 0.4) is 0 Å². The minimum atomic E-state index is -3.77. The fraction of sp³-hybridized carbons (Fsp3) is 0.240. The number of anilines is 2. The molecular formula is C25H25N5O4S2. The third kappa shape index (κ3) is 4.71. The number of nitrogens with zero attached hydrogens (tertiary/aromatic N) is 4. The summed E-state index contributed by atoms with van der Waals surface area (Å²) in [5, 5.41) is 3.06. The molecule has 1 fully saturated rings. The van der Waals surface area contributed by atoms with E-state index in [1.54, 1.807) is 27.3 Å². The summed E-state index contributed by atoms with van der Waals surface area (Å²) < 4.78 is 29.5. The molecule has 9 nitrogen and oxygen atoms in total. The highest BCUT2D eigenvalue weighted by Crippen LogP contribution is 2.24. The molecule has 0 atom stereocenters. The molecule has 36 heavy (non-hydrogen) atoms. The van der Waals surface area contributed by atoms with Crippen molar-refractivity contribution in [3.63, 3.8) is 0 Å². The topological polar surface area (TPSA) is 105 Å². The van der Waals surface area contributed by atoms with Crippen LogP contribution in [0.25, 0.3) is 10.9 Å². The maximum atomic E-state index is 13.1. The van der Waals surface area contributed by atoms with Gasteiger partial charge < -0.3 is 14.4 Å². The zero-order chi connectivity index (χ0) is 25.4. The number of aromatic nitrogens is 2. The zero-order valence-electron chi connectivity index (χ0n) is 19.8. The highest BCUT2D eigenvalue weighted by atomic mass is 32.2. The fourth-order valence-corrected chi connectivity index (χ4v) is 6.17. The number of amides is 2. The Balaban J connectivity index is 1.25. The first-order chi connectivity index (χ1) is 17.2. The molecule has 3 heterocycles. The van der Waals surface area contributed by atoms with Gasteiger partial charge in [0.1, 0.15) is 13.1 Å². The van der Waals surface area contributed by atoms with Gasteiger partial charge in [-0.3, -0.25) is 14.3 Å². The Labute approximate surface area is 213 Å². The van der Waals surface area contributed by atoms with E-state index in [9.17, 15) is 18.0 Å². The van der Waals surface area contributed by atoms with Crippen LogP contribution in [0, 0.1) is 13.8 Å². The van der Waals surface area contributed by atoms with Gasteiger partial charge in [0.2, 0.25) is 11.8 Å². The molecule has 0 aliphatic carbocycles. The number of benzene rings is 2. The van der Waals surface area contributed by atoms with Crippen molar-refractivity contribution in [2.24, 2.45) is 0 Å². The second-order valence-corrected chi connectivity index (χ2v) is 11.3. The van der Waals surface area contributed by atoms with E-state index in [0.717, 1.165) is 22.2 Å². The first-order valence-electron chi connectivity index (χ1n) is 11.4. The zero-order valence-corrected chi connectivity index (χ0v) is 21.5. The lowest BCUT2D eigenvalue weighted by molar-refractivity contribution is -0.137. The molecule has 0 saturated carbocycles. The van der Waals surface area contributed by atoms with E-state index in [0.29, 0.717) is 18.8 Å². The molecular weight excluding hydrogens is 498 g/mol. The summed E-state index contributed by atoms with van der Waals surface area (Å²) in [6.07, 6.45) is 1.52. The van der Waals surface area contributed by atoms with Crippen molar-refractivity contribution in [1.82, 2.24) is 14.5 Å². The summed E-state index contributed by atoms with van der Waals surface area (Å²) in [6, 6.07) is 14.3. The summed E-state index contributed by atoms with van der Waals surface area (Å²) in [7, 11) is -3.77. The molecule has 2 aromatic carbocycles. The molecule has 0 bridgehead atoms. The van der Waals surface area contributed by atoms with Crippen LogP contribution in [0.4, 0.5) is 10.8 Å². The average molecular weight is 524 g/mol. The number of hydrogen-bond acceptors (Lipinski definition) is 6. The van der Waals surface area contributed by atoms with Crippen LogP contribution in [0.5, 0.6) is 0 Å². The lowest BCUT2D eigenvalue weighted by Crippen LogP contribution is -2.53. The van der Waals surface area contributed by atoms with Crippen molar-refractivity contribution < 1.29 is 18.0 Å². The van der Waals surface area contributed by atoms with Gasteiger partial charge in [-0.2, -0.15) is 0 Å². The molecule has 186 valence electrons. The van der Waals surface area contributed by atoms with Gasteiger partial charge in [-0.25, -0.2) is 13.4 Å². The van der Waals surface area contributed by atoms with Gasteiger partial charge in [-0.15, -0.1) is 11.3 Å². The van der Waals surface area contributed by atoms with Crippen molar-refractivity contribution in [2.45, 2.75) is 25.3 Å². The van der Waals surface area contributed by atoms with Crippen LogP contribution in [0.2, 0.25) is 0 Å². The molecule has 1 N–H and O–H groups in total. The Bertz CT molecular complexity index is 1540. The van der Waals surface area contributed by atoms with E-state index in [1.807, 2.05) is 30.5 Å². The minimum Gasteiger partial charge on any atom is -0.335 e. The number of sulfonamides is 1. The van der Waals surface area contributed by atoms with E-state index < -0.39 is 10.0 Å². The summed E-state index contributed by atoms with van der Waals surface area (Å²) in [5.74, 6) is -0.324. The van der Waals surface area contributed by atoms with Crippen LogP contribution in [0.15, 0.2) is 65.0 Å². The van der Waals surface area contributed by atoms with Crippen LogP contribution in [0.1, 0.15) is 11.3 Å². The number of rotatable bonds is 6. The molecule has 1 aliphatic heterocycles. The van der Waals surface area contributed by atoms with E-state index >= 15 is 0 Å². The van der Waals surface area contributed by atoms with E-state index in [2.05, 4.69) is 21.8 Å². The van der Waals surface area contributed by atoms with Crippen LogP contribution in [-0.2, 0) is 26.2 Å². The van der Waals surface area contributed by atoms with Crippen LogP contribution in [-0.4, -0.2) is 54.3 Å². The molecule has 2 aromatic heterocycles. The number of hydrogen-bond donors (Lipinski definition) is 1. The van der Waals surface area contributed by atoms with Gasteiger partial charge in [-0.05, 0) is 56.3 Å². The van der Waals surface area contributed by atoms with Crippen LogP contribution >= 0.6 is 11.3 Å². The predicted molar refractivity (Wildman–Crippen MR) is 140 cm³/mol. The lowest BCUT2D eigenvalue weighted by Gasteiger charge is -2.34. The molecule has 11 heteroatoms. The van der Waals surface area contributed by atoms with Crippen molar-refractivity contribution >= 4 is 54.9 Å². The smallest absolute Gasteiger partial charge is 0.263 e. The molecule has 0 unspecified atom stereocenters. The van der Waals surface area contributed by atoms with Crippen molar-refractivity contribution in [3.8, 4) is 0 Å². The van der Waals surface area contributed by atoms with Gasteiger partial charge in [0, 0.05) is 47.0 Å². The molecule has 2 amide bonds. The molecule has 1 saturated heterocycles. The summed E-state index contributed by atoms with van der Waals surface area (Å²) in [5.41, 5.74) is 3.74. The van der Waals surface area contributed by atoms with Crippen molar-refractivity contribution in [1.29, 1.82) is 0 Å². The van der Waals surface area contributed by atoms with E-state index in [1.165, 1.54) is 29.7 Å². The Kier molecular flexibility index (Phi) is 6.27. The second-order valence-electron chi connectivity index (χ2n) is 8.73. The third-order valence-corrected chi connectivity index (χ3v) is 8.42. The van der Waals surface area contributed by atoms with Gasteiger partial charge >= 0.3 is 0 Å². The standard InChI is InChI=1S/C25H25N5O4S2/c1-17-3-8-22-19(13-17)14-18(2)30(22)16-23(31)28-10-11-29(24(32)15-28)20-4-6-21(7-5-20)36(33,34)27-25-26-9-12-35-25/h3-9,12-14H,10-11,15-16H2,1-2H3,(H,26,27). The molecule has 0 spiro atoms. The number of carbonyl (C=O) groups is 2. The first kappa shape index (κ1) is 24.0. The van der Waals surface area contributed by atoms with Gasteiger partial charge in [0.05, 0.1) is 4.90 Å². The maximum absolute atomic E-state index is 13.1. The summed E-state index contributed by atoms with van der Waals surface area (Å²) in [6.45, 7) is 4.88.